The number of unbranched alkanes of at least 4 members (excludes halogenated alkanes) is 1. The van der Waals surface area contributed by atoms with Crippen LogP contribution in [0.3, 0.4) is 0 Å². The fraction of sp³-hybridized carbons (Fsp3) is 0.650. The van der Waals surface area contributed by atoms with Crippen LogP contribution >= 0.6 is 0 Å². The SMILES string of the molecule is CC1CC(C)CN(CCCCNC(=O)c2ccc(S(=O)(=O)N(C)C)cc2)C1. The van der Waals surface area contributed by atoms with E-state index in [0.717, 1.165) is 35.5 Å². The number of amides is 1. The Hall–Kier alpha value is -1.44. The summed E-state index contributed by atoms with van der Waals surface area (Å²) in [6, 6.07) is 6.07. The molecule has 1 aromatic carbocycles. The lowest BCUT2D eigenvalue weighted by Crippen LogP contribution is -2.39. The fourth-order valence-corrected chi connectivity index (χ4v) is 4.63. The Morgan fingerprint density at radius 2 is 1.70 bits per heavy atom. The number of hydrogen-bond donors (Lipinski definition) is 1. The molecule has 0 spiro atoms. The lowest BCUT2D eigenvalue weighted by molar-refractivity contribution is 0.0951. The van der Waals surface area contributed by atoms with E-state index in [2.05, 4.69) is 24.1 Å². The van der Waals surface area contributed by atoms with Crippen molar-refractivity contribution in [1.82, 2.24) is 14.5 Å². The molecule has 0 aliphatic carbocycles. The molecule has 0 bridgehead atoms. The van der Waals surface area contributed by atoms with E-state index >= 15 is 0 Å². The molecule has 1 heterocycles. The van der Waals surface area contributed by atoms with Crippen molar-refractivity contribution in [3.05, 3.63) is 29.8 Å². The first-order chi connectivity index (χ1) is 12.7. The van der Waals surface area contributed by atoms with E-state index in [1.54, 1.807) is 12.1 Å². The summed E-state index contributed by atoms with van der Waals surface area (Å²) < 4.78 is 25.3. The summed E-state index contributed by atoms with van der Waals surface area (Å²) in [7, 11) is -0.491. The number of carbonyl (C=O) groups is 1. The van der Waals surface area contributed by atoms with E-state index < -0.39 is 10.0 Å². The van der Waals surface area contributed by atoms with Crippen LogP contribution in [0.5, 0.6) is 0 Å². The molecule has 27 heavy (non-hydrogen) atoms. The summed E-state index contributed by atoms with van der Waals surface area (Å²) in [5.74, 6) is 1.38. The van der Waals surface area contributed by atoms with Crippen LogP contribution in [0.1, 0.15) is 43.5 Å². The summed E-state index contributed by atoms with van der Waals surface area (Å²) in [6.07, 6.45) is 3.33. The van der Waals surface area contributed by atoms with E-state index in [4.69, 9.17) is 0 Å². The Bertz CT molecular complexity index is 706. The minimum atomic E-state index is -3.47. The summed E-state index contributed by atoms with van der Waals surface area (Å²) in [4.78, 5) is 14.9. The molecule has 2 atom stereocenters. The molecule has 6 nitrogen and oxygen atoms in total. The van der Waals surface area contributed by atoms with Crippen LogP contribution in [0.4, 0.5) is 0 Å². The summed E-state index contributed by atoms with van der Waals surface area (Å²) in [5.41, 5.74) is 0.478. The van der Waals surface area contributed by atoms with Gasteiger partial charge in [0, 0.05) is 39.3 Å². The maximum Gasteiger partial charge on any atom is 0.251 e. The van der Waals surface area contributed by atoms with Gasteiger partial charge in [-0.15, -0.1) is 0 Å². The number of sulfonamides is 1. The topological polar surface area (TPSA) is 69.7 Å². The lowest BCUT2D eigenvalue weighted by Gasteiger charge is -2.34. The number of nitrogens with zero attached hydrogens (tertiary/aromatic N) is 2. The predicted molar refractivity (Wildman–Crippen MR) is 108 cm³/mol. The first kappa shape index (κ1) is 21.9. The van der Waals surface area contributed by atoms with Crippen molar-refractivity contribution < 1.29 is 13.2 Å². The smallest absolute Gasteiger partial charge is 0.251 e. The first-order valence-corrected chi connectivity index (χ1v) is 11.2. The molecule has 2 rings (SSSR count). The van der Waals surface area contributed by atoms with Gasteiger partial charge in [-0.1, -0.05) is 13.8 Å². The average molecular weight is 396 g/mol. The molecule has 1 aliphatic heterocycles. The second kappa shape index (κ2) is 9.66. The molecule has 1 aromatic rings. The molecule has 0 saturated carbocycles. The van der Waals surface area contributed by atoms with Crippen LogP contribution in [-0.2, 0) is 10.0 Å². The zero-order valence-corrected chi connectivity index (χ0v) is 17.8. The van der Waals surface area contributed by atoms with Crippen LogP contribution in [0.2, 0.25) is 0 Å². The van der Waals surface area contributed by atoms with Crippen molar-refractivity contribution in [1.29, 1.82) is 0 Å². The van der Waals surface area contributed by atoms with E-state index in [9.17, 15) is 13.2 Å². The molecule has 1 fully saturated rings. The highest BCUT2D eigenvalue weighted by atomic mass is 32.2. The van der Waals surface area contributed by atoms with Gasteiger partial charge in [0.25, 0.3) is 5.91 Å². The van der Waals surface area contributed by atoms with Gasteiger partial charge in [-0.2, -0.15) is 0 Å². The molecular weight excluding hydrogens is 362 g/mol. The van der Waals surface area contributed by atoms with Gasteiger partial charge in [-0.05, 0) is 61.9 Å². The van der Waals surface area contributed by atoms with Crippen molar-refractivity contribution in [2.75, 3.05) is 40.3 Å². The van der Waals surface area contributed by atoms with Crippen molar-refractivity contribution in [3.8, 4) is 0 Å². The van der Waals surface area contributed by atoms with Gasteiger partial charge in [0.1, 0.15) is 0 Å². The Labute approximate surface area is 164 Å². The van der Waals surface area contributed by atoms with Crippen LogP contribution < -0.4 is 5.32 Å². The molecule has 0 radical (unpaired) electrons. The van der Waals surface area contributed by atoms with E-state index in [0.29, 0.717) is 12.1 Å². The molecule has 1 N–H and O–H groups in total. The van der Waals surface area contributed by atoms with Crippen LogP contribution in [-0.4, -0.2) is 63.8 Å². The number of hydrogen-bond acceptors (Lipinski definition) is 4. The molecule has 7 heteroatoms. The third-order valence-corrected chi connectivity index (χ3v) is 6.86. The molecular formula is C20H33N3O3S. The quantitative estimate of drug-likeness (QED) is 0.687. The molecule has 152 valence electrons. The normalized spacial score (nSPS) is 21.4. The highest BCUT2D eigenvalue weighted by molar-refractivity contribution is 7.89. The molecule has 0 aromatic heterocycles. The zero-order valence-electron chi connectivity index (χ0n) is 16.9. The minimum absolute atomic E-state index is 0.163. The van der Waals surface area contributed by atoms with Crippen LogP contribution in [0.15, 0.2) is 29.2 Å². The highest BCUT2D eigenvalue weighted by Gasteiger charge is 2.21. The third-order valence-electron chi connectivity index (χ3n) is 5.03. The fourth-order valence-electron chi connectivity index (χ4n) is 3.73. The van der Waals surface area contributed by atoms with Crippen molar-refractivity contribution in [3.63, 3.8) is 0 Å². The number of benzene rings is 1. The number of likely N-dealkylation sites (tertiary alicyclic amines) is 1. The van der Waals surface area contributed by atoms with Crippen molar-refractivity contribution in [2.24, 2.45) is 11.8 Å². The maximum atomic E-state index is 12.2. The van der Waals surface area contributed by atoms with Crippen molar-refractivity contribution in [2.45, 2.75) is 38.0 Å². The first-order valence-electron chi connectivity index (χ1n) is 9.73. The largest absolute Gasteiger partial charge is 0.352 e. The monoisotopic (exact) mass is 395 g/mol. The molecule has 1 saturated heterocycles. The lowest BCUT2D eigenvalue weighted by atomic mass is 9.92. The zero-order chi connectivity index (χ0) is 20.0. The Morgan fingerprint density at radius 1 is 1.11 bits per heavy atom. The number of piperidine rings is 1. The second-order valence-corrected chi connectivity index (χ2v) is 10.1. The Morgan fingerprint density at radius 3 is 2.26 bits per heavy atom. The number of nitrogens with one attached hydrogen (secondary N) is 1. The standard InChI is InChI=1S/C20H33N3O3S/c1-16-13-17(2)15-23(14-16)12-6-5-11-21-20(24)18-7-9-19(10-8-18)27(25,26)22(3)4/h7-10,16-17H,5-6,11-15H2,1-4H3,(H,21,24). The van der Waals surface area contributed by atoms with E-state index in [1.165, 1.54) is 45.7 Å². The predicted octanol–water partition coefficient (Wildman–Crippen LogP) is 2.42. The van der Waals surface area contributed by atoms with Crippen LogP contribution in [0, 0.1) is 11.8 Å². The van der Waals surface area contributed by atoms with E-state index in [-0.39, 0.29) is 10.8 Å². The van der Waals surface area contributed by atoms with Crippen molar-refractivity contribution >= 4 is 15.9 Å². The van der Waals surface area contributed by atoms with Gasteiger partial charge in [0.2, 0.25) is 10.0 Å². The minimum Gasteiger partial charge on any atom is -0.352 e. The Balaban J connectivity index is 1.73. The summed E-state index contributed by atoms with van der Waals surface area (Å²) in [5, 5.41) is 2.92. The molecule has 1 aliphatic rings. The average Bonchev–Trinajstić information content (AvgIpc) is 2.60. The highest BCUT2D eigenvalue weighted by Crippen LogP contribution is 2.21. The number of rotatable bonds is 8. The summed E-state index contributed by atoms with van der Waals surface area (Å²) >= 11 is 0. The molecule has 2 unspecified atom stereocenters. The van der Waals surface area contributed by atoms with Gasteiger partial charge in [0.05, 0.1) is 4.90 Å². The van der Waals surface area contributed by atoms with E-state index in [1.807, 2.05) is 0 Å². The number of carbonyl (C=O) groups excluding carboxylic acids is 1. The second-order valence-electron chi connectivity index (χ2n) is 7.98. The van der Waals surface area contributed by atoms with Gasteiger partial charge in [-0.3, -0.25) is 4.79 Å². The third kappa shape index (κ3) is 6.30. The van der Waals surface area contributed by atoms with Gasteiger partial charge in [0.15, 0.2) is 0 Å². The van der Waals surface area contributed by atoms with Gasteiger partial charge < -0.3 is 10.2 Å². The van der Waals surface area contributed by atoms with Crippen LogP contribution in [0.25, 0.3) is 0 Å². The Kier molecular flexibility index (Phi) is 7.82. The van der Waals surface area contributed by atoms with Gasteiger partial charge in [-0.25, -0.2) is 12.7 Å². The maximum absolute atomic E-state index is 12.2. The molecule has 1 amide bonds. The van der Waals surface area contributed by atoms with Gasteiger partial charge >= 0.3 is 0 Å². The summed E-state index contributed by atoms with van der Waals surface area (Å²) in [6.45, 7) is 8.71.